The molecule has 9 atom stereocenters. The van der Waals surface area contributed by atoms with E-state index in [1.54, 1.807) is 11.8 Å². The van der Waals surface area contributed by atoms with Gasteiger partial charge in [-0.1, -0.05) is 32.4 Å². The molecule has 1 aromatic heterocycles. The lowest BCUT2D eigenvalue weighted by Crippen LogP contribution is -2.50. The number of fused-ring (bicyclic) bond motifs is 5. The zero-order chi connectivity index (χ0) is 26.5. The van der Waals surface area contributed by atoms with E-state index in [0.717, 1.165) is 68.9 Å². The molecular formula is C33H49N3O2. The highest BCUT2D eigenvalue weighted by Crippen LogP contribution is 2.67. The molecule has 5 nitrogen and oxygen atoms in total. The van der Waals surface area contributed by atoms with E-state index in [1.807, 2.05) is 6.20 Å². The maximum Gasteiger partial charge on any atom is 0.222 e. The summed E-state index contributed by atoms with van der Waals surface area (Å²) < 4.78 is 0. The molecule has 3 saturated carbocycles. The molecule has 6 rings (SSSR count). The molecule has 38 heavy (non-hydrogen) atoms. The Morgan fingerprint density at radius 1 is 1.13 bits per heavy atom. The smallest absolute Gasteiger partial charge is 0.222 e. The second kappa shape index (κ2) is 10.3. The minimum atomic E-state index is -0.123. The van der Waals surface area contributed by atoms with Gasteiger partial charge in [0.05, 0.1) is 12.3 Å². The highest BCUT2D eigenvalue weighted by atomic mass is 16.3. The number of aliphatic hydroxyl groups excluding tert-OH is 1. The Balaban J connectivity index is 1.07. The molecule has 5 aliphatic rings. The largest absolute Gasteiger partial charge is 0.393 e. The van der Waals surface area contributed by atoms with Gasteiger partial charge in [0.25, 0.3) is 0 Å². The molecule has 0 spiro atoms. The maximum absolute atomic E-state index is 13.3. The van der Waals surface area contributed by atoms with Gasteiger partial charge in [-0.05, 0) is 123 Å². The Morgan fingerprint density at radius 3 is 2.82 bits per heavy atom. The molecule has 1 saturated heterocycles. The topological polar surface area (TPSA) is 66.3 Å². The van der Waals surface area contributed by atoms with Crippen LogP contribution in [0.1, 0.15) is 109 Å². The first-order chi connectivity index (χ1) is 18.3. The zero-order valence-corrected chi connectivity index (χ0v) is 23.9. The number of allylic oxidation sites excluding steroid dienone is 1. The van der Waals surface area contributed by atoms with Gasteiger partial charge in [-0.3, -0.25) is 4.79 Å². The van der Waals surface area contributed by atoms with Gasteiger partial charge in [0, 0.05) is 31.6 Å². The first kappa shape index (κ1) is 26.5. The summed E-state index contributed by atoms with van der Waals surface area (Å²) in [6.45, 7) is 9.33. The van der Waals surface area contributed by atoms with Crippen molar-refractivity contribution in [2.24, 2.45) is 40.4 Å². The van der Waals surface area contributed by atoms with Crippen LogP contribution in [0.15, 0.2) is 30.1 Å². The number of likely N-dealkylation sites (tertiary alicyclic amines) is 1. The van der Waals surface area contributed by atoms with Crippen LogP contribution in [-0.2, 0) is 4.79 Å². The van der Waals surface area contributed by atoms with Crippen LogP contribution >= 0.6 is 0 Å². The van der Waals surface area contributed by atoms with Crippen molar-refractivity contribution in [2.45, 2.75) is 110 Å². The molecule has 0 bridgehead atoms. The minimum Gasteiger partial charge on any atom is -0.393 e. The molecular weight excluding hydrogens is 470 g/mol. The third kappa shape index (κ3) is 4.55. The van der Waals surface area contributed by atoms with Crippen LogP contribution in [0.5, 0.6) is 0 Å². The predicted octanol–water partition coefficient (Wildman–Crippen LogP) is 6.54. The standard InChI is InChI=1S/C33H49N3O2/c1-22(6-11-31(38)36-18-4-5-24(21-36)23-14-17-34-35-20-23)28-9-10-29-27-8-7-25-19-26(37)12-15-32(25,2)30(27)13-16-33(28,29)3/h7,14,17,20,22,24,26-30,37H,4-6,8-13,15-16,18-19,21H2,1-3H3/t22-,24?,26+,27+,28-,29+,30+,32+,33-/m1/s1. The summed E-state index contributed by atoms with van der Waals surface area (Å²) in [6.07, 6.45) is 19.7. The maximum atomic E-state index is 13.3. The van der Waals surface area contributed by atoms with Gasteiger partial charge in [0.1, 0.15) is 0 Å². The number of aliphatic hydroxyl groups is 1. The SMILES string of the molecule is C[C@H](CCC(=O)N1CCCC(c2ccnnc2)C1)[C@H]1CC[C@H]2[C@@H]3CC=C4C[C@@H](O)CC[C@]4(C)[C@H]3CC[C@]12C. The van der Waals surface area contributed by atoms with Crippen LogP contribution in [0.3, 0.4) is 0 Å². The van der Waals surface area contributed by atoms with Crippen molar-refractivity contribution >= 4 is 5.91 Å². The highest BCUT2D eigenvalue weighted by Gasteiger charge is 2.59. The summed E-state index contributed by atoms with van der Waals surface area (Å²) in [5.74, 6) is 4.52. The van der Waals surface area contributed by atoms with Crippen molar-refractivity contribution < 1.29 is 9.90 Å². The zero-order valence-electron chi connectivity index (χ0n) is 23.9. The lowest BCUT2D eigenvalue weighted by Gasteiger charge is -2.58. The van der Waals surface area contributed by atoms with Crippen molar-refractivity contribution in [3.05, 3.63) is 35.7 Å². The van der Waals surface area contributed by atoms with Crippen LogP contribution < -0.4 is 0 Å². The normalized spacial score (nSPS) is 41.5. The van der Waals surface area contributed by atoms with Crippen LogP contribution in [0.2, 0.25) is 0 Å². The Kier molecular flexibility index (Phi) is 7.20. The number of aromatic nitrogens is 2. The first-order valence-corrected chi connectivity index (χ1v) is 15.7. The Hall–Kier alpha value is -1.75. The molecule has 5 heteroatoms. The van der Waals surface area contributed by atoms with E-state index in [0.29, 0.717) is 35.0 Å². The van der Waals surface area contributed by atoms with Crippen LogP contribution in [0.4, 0.5) is 0 Å². The molecule has 1 amide bonds. The average Bonchev–Trinajstić information content (AvgIpc) is 3.30. The van der Waals surface area contributed by atoms with E-state index in [-0.39, 0.29) is 6.10 Å². The minimum absolute atomic E-state index is 0.123. The Morgan fingerprint density at radius 2 is 2.00 bits per heavy atom. The third-order valence-corrected chi connectivity index (χ3v) is 12.5. The molecule has 1 unspecified atom stereocenters. The second-order valence-electron chi connectivity index (χ2n) is 14.3. The van der Waals surface area contributed by atoms with Gasteiger partial charge in [0.2, 0.25) is 5.91 Å². The van der Waals surface area contributed by atoms with Gasteiger partial charge in [-0.25, -0.2) is 0 Å². The summed E-state index contributed by atoms with van der Waals surface area (Å²) in [5.41, 5.74) is 3.53. The molecule has 208 valence electrons. The fourth-order valence-electron chi connectivity index (χ4n) is 10.3. The number of hydrogen-bond acceptors (Lipinski definition) is 4. The number of carbonyl (C=O) groups is 1. The first-order valence-electron chi connectivity index (χ1n) is 15.7. The van der Waals surface area contributed by atoms with Crippen molar-refractivity contribution in [2.75, 3.05) is 13.1 Å². The average molecular weight is 520 g/mol. The lowest BCUT2D eigenvalue weighted by atomic mass is 9.47. The van der Waals surface area contributed by atoms with Crippen LogP contribution in [0, 0.1) is 40.4 Å². The molecule has 2 heterocycles. The summed E-state index contributed by atoms with van der Waals surface area (Å²) >= 11 is 0. The Labute approximate surface area is 229 Å². The van der Waals surface area contributed by atoms with Gasteiger partial charge in [-0.2, -0.15) is 10.2 Å². The van der Waals surface area contributed by atoms with Crippen molar-refractivity contribution in [1.82, 2.24) is 15.1 Å². The summed E-state index contributed by atoms with van der Waals surface area (Å²) in [7, 11) is 0. The fourth-order valence-corrected chi connectivity index (χ4v) is 10.3. The summed E-state index contributed by atoms with van der Waals surface area (Å²) in [5, 5.41) is 18.3. The molecule has 1 aliphatic heterocycles. The van der Waals surface area contributed by atoms with Crippen LogP contribution in [0.25, 0.3) is 0 Å². The monoisotopic (exact) mass is 519 g/mol. The third-order valence-electron chi connectivity index (χ3n) is 12.5. The number of amides is 1. The molecule has 1 aromatic rings. The van der Waals surface area contributed by atoms with Crippen molar-refractivity contribution in [1.29, 1.82) is 0 Å². The fraction of sp³-hybridized carbons (Fsp3) is 0.788. The summed E-state index contributed by atoms with van der Waals surface area (Å²) in [6, 6.07) is 2.06. The molecule has 1 N–H and O–H groups in total. The van der Waals surface area contributed by atoms with E-state index >= 15 is 0 Å². The molecule has 0 radical (unpaired) electrons. The van der Waals surface area contributed by atoms with Gasteiger partial charge < -0.3 is 10.0 Å². The van der Waals surface area contributed by atoms with Gasteiger partial charge in [0.15, 0.2) is 0 Å². The molecule has 4 aliphatic carbocycles. The Bertz CT molecular complexity index is 1040. The quantitative estimate of drug-likeness (QED) is 0.449. The van der Waals surface area contributed by atoms with Gasteiger partial charge >= 0.3 is 0 Å². The predicted molar refractivity (Wildman–Crippen MR) is 150 cm³/mol. The van der Waals surface area contributed by atoms with E-state index in [2.05, 4.69) is 48.0 Å². The number of nitrogens with zero attached hydrogens (tertiary/aromatic N) is 3. The second-order valence-corrected chi connectivity index (χ2v) is 14.3. The summed E-state index contributed by atoms with van der Waals surface area (Å²) in [4.78, 5) is 15.4. The van der Waals surface area contributed by atoms with E-state index in [9.17, 15) is 9.90 Å². The van der Waals surface area contributed by atoms with Crippen molar-refractivity contribution in [3.8, 4) is 0 Å². The van der Waals surface area contributed by atoms with Crippen molar-refractivity contribution in [3.63, 3.8) is 0 Å². The van der Waals surface area contributed by atoms with E-state index in [4.69, 9.17) is 0 Å². The highest BCUT2D eigenvalue weighted by molar-refractivity contribution is 5.76. The van der Waals surface area contributed by atoms with E-state index in [1.165, 1.54) is 44.1 Å². The number of piperidine rings is 1. The lowest BCUT2D eigenvalue weighted by molar-refractivity contribution is -0.133. The molecule has 4 fully saturated rings. The van der Waals surface area contributed by atoms with E-state index < -0.39 is 0 Å². The number of rotatable bonds is 5. The molecule has 0 aromatic carbocycles. The van der Waals surface area contributed by atoms with Crippen LogP contribution in [-0.4, -0.2) is 45.3 Å². The van der Waals surface area contributed by atoms with Gasteiger partial charge in [-0.15, -0.1) is 0 Å². The number of carbonyl (C=O) groups excluding carboxylic acids is 1. The number of hydrogen-bond donors (Lipinski definition) is 1.